The number of carbonyl (C=O) groups excluding carboxylic acids is 1. The SMILES string of the molecule is CC(C(=O)Nc1cnc(Oc2c(F)cc(F)cc2CO[Si](C)(C)C(C)(C)C)cn1)N1CCC(F)(F)[C@@H](c2cc[n+]([O-])cc2)C1. The number of rotatable bonds is 9. The highest BCUT2D eigenvalue weighted by Gasteiger charge is 2.46. The number of likely N-dealkylation sites (tertiary alicyclic amines) is 1. The Bertz CT molecular complexity index is 1470. The highest BCUT2D eigenvalue weighted by atomic mass is 28.4. The Morgan fingerprint density at radius 2 is 1.89 bits per heavy atom. The third kappa shape index (κ3) is 7.71. The Morgan fingerprint density at radius 1 is 1.20 bits per heavy atom. The number of hydrogen-bond acceptors (Lipinski definition) is 7. The van der Waals surface area contributed by atoms with Gasteiger partial charge in [-0.3, -0.25) is 9.69 Å². The maximum absolute atomic E-state index is 14.8. The lowest BCUT2D eigenvalue weighted by Gasteiger charge is -2.40. The van der Waals surface area contributed by atoms with Crippen LogP contribution in [0.25, 0.3) is 0 Å². The average molecular weight is 636 g/mol. The Labute approximate surface area is 254 Å². The van der Waals surface area contributed by atoms with Gasteiger partial charge in [0.2, 0.25) is 11.8 Å². The molecular formula is C30H37F4N5O4Si. The van der Waals surface area contributed by atoms with E-state index in [4.69, 9.17) is 9.16 Å². The van der Waals surface area contributed by atoms with E-state index in [0.29, 0.717) is 16.4 Å². The normalized spacial score (nSPS) is 18.1. The molecule has 1 amide bonds. The van der Waals surface area contributed by atoms with Crippen molar-refractivity contribution in [3.05, 3.63) is 77.0 Å². The van der Waals surface area contributed by atoms with Gasteiger partial charge in [0.15, 0.2) is 38.1 Å². The number of piperidine rings is 1. The summed E-state index contributed by atoms with van der Waals surface area (Å²) < 4.78 is 70.7. The van der Waals surface area contributed by atoms with Crippen LogP contribution in [0.1, 0.15) is 51.2 Å². The van der Waals surface area contributed by atoms with Crippen molar-refractivity contribution < 1.29 is 36.2 Å². The molecule has 0 aliphatic carbocycles. The minimum Gasteiger partial charge on any atom is -0.619 e. The van der Waals surface area contributed by atoms with E-state index >= 15 is 0 Å². The molecule has 1 aliphatic heterocycles. The molecule has 3 aromatic rings. The van der Waals surface area contributed by atoms with Crippen LogP contribution in [0.4, 0.5) is 23.4 Å². The fourth-order valence-corrected chi connectivity index (χ4v) is 5.48. The van der Waals surface area contributed by atoms with Crippen LogP contribution >= 0.6 is 0 Å². The van der Waals surface area contributed by atoms with Gasteiger partial charge in [-0.2, -0.15) is 4.73 Å². The van der Waals surface area contributed by atoms with E-state index in [9.17, 15) is 27.6 Å². The highest BCUT2D eigenvalue weighted by Crippen LogP contribution is 2.41. The highest BCUT2D eigenvalue weighted by molar-refractivity contribution is 6.74. The molecule has 44 heavy (non-hydrogen) atoms. The van der Waals surface area contributed by atoms with Gasteiger partial charge in [0.1, 0.15) is 5.82 Å². The number of halogens is 4. The van der Waals surface area contributed by atoms with E-state index in [0.717, 1.165) is 6.07 Å². The van der Waals surface area contributed by atoms with Crippen molar-refractivity contribution in [2.45, 2.75) is 76.7 Å². The molecule has 1 aliphatic rings. The first-order chi connectivity index (χ1) is 20.5. The second-order valence-electron chi connectivity index (χ2n) is 12.5. The summed E-state index contributed by atoms with van der Waals surface area (Å²) in [7, 11) is -2.23. The van der Waals surface area contributed by atoms with Gasteiger partial charge in [-0.05, 0) is 36.7 Å². The third-order valence-corrected chi connectivity index (χ3v) is 12.9. The van der Waals surface area contributed by atoms with Crippen molar-refractivity contribution in [1.29, 1.82) is 0 Å². The first kappa shape index (κ1) is 33.3. The van der Waals surface area contributed by atoms with Gasteiger partial charge in [-0.15, -0.1) is 0 Å². The molecule has 0 spiro atoms. The van der Waals surface area contributed by atoms with E-state index in [-0.39, 0.29) is 47.7 Å². The van der Waals surface area contributed by atoms with E-state index in [1.54, 1.807) is 11.8 Å². The fourth-order valence-electron chi connectivity index (χ4n) is 4.53. The number of anilines is 1. The van der Waals surface area contributed by atoms with Crippen LogP contribution in [0.3, 0.4) is 0 Å². The number of carbonyl (C=O) groups is 1. The summed E-state index contributed by atoms with van der Waals surface area (Å²) in [5.41, 5.74) is 0.488. The second-order valence-corrected chi connectivity index (χ2v) is 17.3. The van der Waals surface area contributed by atoms with Crippen LogP contribution in [0.15, 0.2) is 49.1 Å². The van der Waals surface area contributed by atoms with Crippen LogP contribution in [0.5, 0.6) is 11.6 Å². The van der Waals surface area contributed by atoms with Crippen LogP contribution in [-0.4, -0.2) is 54.1 Å². The van der Waals surface area contributed by atoms with Crippen molar-refractivity contribution >= 4 is 20.0 Å². The smallest absolute Gasteiger partial charge is 0.257 e. The van der Waals surface area contributed by atoms with Gasteiger partial charge in [-0.25, -0.2) is 27.5 Å². The topological polar surface area (TPSA) is 104 Å². The van der Waals surface area contributed by atoms with Gasteiger partial charge in [-0.1, -0.05) is 20.8 Å². The molecule has 4 rings (SSSR count). The van der Waals surface area contributed by atoms with Gasteiger partial charge in [0.05, 0.1) is 31.0 Å². The number of alkyl halides is 2. The lowest BCUT2D eigenvalue weighted by atomic mass is 9.87. The van der Waals surface area contributed by atoms with Gasteiger partial charge >= 0.3 is 0 Å². The van der Waals surface area contributed by atoms with E-state index in [2.05, 4.69) is 36.1 Å². The predicted molar refractivity (Wildman–Crippen MR) is 158 cm³/mol. The summed E-state index contributed by atoms with van der Waals surface area (Å²) >= 11 is 0. The third-order valence-electron chi connectivity index (χ3n) is 8.38. The molecule has 0 bridgehead atoms. The molecule has 1 N–H and O–H groups in total. The predicted octanol–water partition coefficient (Wildman–Crippen LogP) is 6.15. The molecule has 2 aromatic heterocycles. The van der Waals surface area contributed by atoms with Crippen LogP contribution in [0.2, 0.25) is 18.1 Å². The average Bonchev–Trinajstić information content (AvgIpc) is 2.94. The van der Waals surface area contributed by atoms with Crippen LogP contribution in [0, 0.1) is 16.8 Å². The van der Waals surface area contributed by atoms with E-state index in [1.807, 2.05) is 13.1 Å². The molecule has 0 saturated carbocycles. The number of amides is 1. The summed E-state index contributed by atoms with van der Waals surface area (Å²) in [6, 6.07) is 3.79. The molecule has 238 valence electrons. The number of pyridine rings is 1. The number of aromatic nitrogens is 3. The standard InChI is InChI=1S/C30H37F4N5O4Si/c1-19(38-12-9-30(33,34)23(17-38)20-7-10-39(41)11-8-20)28(40)37-25-15-36-26(16-35-25)43-27-21(13-22(31)14-24(27)32)18-42-44(5,6)29(2,3)4/h7-8,10-11,13-16,19,23H,9,12,17-18H2,1-6H3,(H,35,37,40)/t19?,23-/m1/s1. The Morgan fingerprint density at radius 3 is 2.50 bits per heavy atom. The summed E-state index contributed by atoms with van der Waals surface area (Å²) in [6.45, 7) is 11.6. The second kappa shape index (κ2) is 12.8. The van der Waals surface area contributed by atoms with Gasteiger partial charge in [0.25, 0.3) is 5.92 Å². The minimum absolute atomic E-state index is 0.00433. The Balaban J connectivity index is 1.41. The van der Waals surface area contributed by atoms with Crippen molar-refractivity contribution in [3.8, 4) is 11.6 Å². The van der Waals surface area contributed by atoms with Crippen LogP contribution < -0.4 is 14.8 Å². The van der Waals surface area contributed by atoms with E-state index in [1.165, 1.54) is 36.9 Å². The lowest BCUT2D eigenvalue weighted by Crippen LogP contribution is -2.52. The molecular weight excluding hydrogens is 598 g/mol. The van der Waals surface area contributed by atoms with Crippen molar-refractivity contribution in [2.75, 3.05) is 18.4 Å². The van der Waals surface area contributed by atoms with Gasteiger partial charge in [0, 0.05) is 43.3 Å². The first-order valence-electron chi connectivity index (χ1n) is 14.2. The molecule has 3 heterocycles. The number of ether oxygens (including phenoxy) is 1. The van der Waals surface area contributed by atoms with Gasteiger partial charge < -0.3 is 19.7 Å². The lowest BCUT2D eigenvalue weighted by molar-refractivity contribution is -0.605. The summed E-state index contributed by atoms with van der Waals surface area (Å²) in [6.07, 6.45) is 4.28. The quantitative estimate of drug-likeness (QED) is 0.130. The zero-order valence-electron chi connectivity index (χ0n) is 25.5. The largest absolute Gasteiger partial charge is 0.619 e. The molecule has 1 fully saturated rings. The number of hydrogen-bond donors (Lipinski definition) is 1. The monoisotopic (exact) mass is 635 g/mol. The number of nitrogens with zero attached hydrogens (tertiary/aromatic N) is 4. The molecule has 14 heteroatoms. The number of nitrogens with one attached hydrogen (secondary N) is 1. The van der Waals surface area contributed by atoms with E-state index < -0.39 is 50.2 Å². The minimum atomic E-state index is -3.00. The zero-order chi connectivity index (χ0) is 32.4. The van der Waals surface area contributed by atoms with Crippen molar-refractivity contribution in [2.24, 2.45) is 0 Å². The number of benzene rings is 1. The molecule has 1 saturated heterocycles. The molecule has 2 atom stereocenters. The summed E-state index contributed by atoms with van der Waals surface area (Å²) in [5.74, 6) is -6.65. The molecule has 9 nitrogen and oxygen atoms in total. The van der Waals surface area contributed by atoms with Crippen molar-refractivity contribution in [1.82, 2.24) is 14.9 Å². The summed E-state index contributed by atoms with van der Waals surface area (Å²) in [4.78, 5) is 22.9. The summed E-state index contributed by atoms with van der Waals surface area (Å²) in [5, 5.41) is 13.9. The fraction of sp³-hybridized carbons (Fsp3) is 0.467. The maximum atomic E-state index is 14.8. The Hall–Kier alpha value is -3.62. The molecule has 1 aromatic carbocycles. The molecule has 0 radical (unpaired) electrons. The molecule has 1 unspecified atom stereocenters. The van der Waals surface area contributed by atoms with Crippen LogP contribution in [-0.2, 0) is 15.8 Å². The Kier molecular flexibility index (Phi) is 9.66. The van der Waals surface area contributed by atoms with Crippen molar-refractivity contribution in [3.63, 3.8) is 0 Å². The zero-order valence-corrected chi connectivity index (χ0v) is 26.5. The maximum Gasteiger partial charge on any atom is 0.257 e. The first-order valence-corrected chi connectivity index (χ1v) is 17.1.